The number of aliphatic hydroxyl groups is 1. The van der Waals surface area contributed by atoms with E-state index in [4.69, 9.17) is 33.2 Å². The van der Waals surface area contributed by atoms with Gasteiger partial charge in [-0.3, -0.25) is 0 Å². The molecular weight excluding hydrogens is 316 g/mol. The van der Waals surface area contributed by atoms with E-state index >= 15 is 0 Å². The van der Waals surface area contributed by atoms with E-state index < -0.39 is 30.1 Å². The molecule has 0 amide bonds. The van der Waals surface area contributed by atoms with Crippen molar-refractivity contribution in [2.24, 2.45) is 17.8 Å². The van der Waals surface area contributed by atoms with E-state index in [0.717, 1.165) is 0 Å². The molecule has 0 aromatic rings. The van der Waals surface area contributed by atoms with Crippen molar-refractivity contribution in [3.05, 3.63) is 11.3 Å². The Morgan fingerprint density at radius 3 is 2.29 bits per heavy atom. The molecule has 0 aromatic carbocycles. The maximum Gasteiger partial charge on any atom is 0.414 e. The number of halogens is 6. The molecule has 2 rings (SSSR count). The Hall–Kier alpha value is 0.577. The van der Waals surface area contributed by atoms with Gasteiger partial charge in [-0.2, -0.15) is 13.2 Å². The quantitative estimate of drug-likeness (QED) is 0.606. The van der Waals surface area contributed by atoms with Crippen molar-refractivity contribution in [3.63, 3.8) is 0 Å². The summed E-state index contributed by atoms with van der Waals surface area (Å²) in [6, 6.07) is -3.13. The molecule has 2 aliphatic rings. The van der Waals surface area contributed by atoms with Crippen LogP contribution in [0, 0.1) is 17.8 Å². The summed E-state index contributed by atoms with van der Waals surface area (Å²) in [5.41, 5.74) is 0. The highest BCUT2D eigenvalue weighted by Gasteiger charge is 2.55. The van der Waals surface area contributed by atoms with Crippen LogP contribution < -0.4 is 0 Å². The number of alkyl halides is 3. The zero-order valence-corrected chi connectivity index (χ0v) is 11.8. The SMILES string of the molecule is OC(C1CC2C=C([Si](Cl)(Cl)Cl)C1C2)C(F)(F)F. The van der Waals surface area contributed by atoms with Crippen LogP contribution in [-0.4, -0.2) is 23.4 Å². The highest BCUT2D eigenvalue weighted by Crippen LogP contribution is 2.55. The average Bonchev–Trinajstić information content (AvgIpc) is 2.71. The largest absolute Gasteiger partial charge is 0.414 e. The zero-order chi connectivity index (χ0) is 13.0. The molecule has 1 nitrogen and oxygen atoms in total. The van der Waals surface area contributed by atoms with E-state index in [9.17, 15) is 18.3 Å². The van der Waals surface area contributed by atoms with Crippen molar-refractivity contribution in [1.82, 2.24) is 0 Å². The van der Waals surface area contributed by atoms with Crippen LogP contribution in [0.1, 0.15) is 12.8 Å². The number of rotatable bonds is 2. The standard InChI is InChI=1S/C9H10Cl3F3OSi/c10-17(11,12)7-3-4-1-5(7)6(2-4)8(16)9(13,14)15/h3-6,8,16H,1-2H2. The molecule has 8 heteroatoms. The van der Waals surface area contributed by atoms with Crippen LogP contribution >= 0.6 is 33.2 Å². The summed E-state index contributed by atoms with van der Waals surface area (Å²) in [7, 11) is 0. The van der Waals surface area contributed by atoms with E-state index in [1.165, 1.54) is 0 Å². The molecule has 1 fully saturated rings. The summed E-state index contributed by atoms with van der Waals surface area (Å²) in [6.07, 6.45) is -4.24. The average molecular weight is 326 g/mol. The Bertz CT molecular complexity index is 352. The fraction of sp³-hybridized carbons (Fsp3) is 0.778. The van der Waals surface area contributed by atoms with Gasteiger partial charge in [0.25, 0.3) is 0 Å². The Kier molecular flexibility index (Phi) is 3.54. The molecular formula is C9H10Cl3F3OSi. The van der Waals surface area contributed by atoms with Gasteiger partial charge in [0.15, 0.2) is 6.10 Å². The highest BCUT2D eigenvalue weighted by atomic mass is 35.8. The van der Waals surface area contributed by atoms with Gasteiger partial charge >= 0.3 is 12.2 Å². The van der Waals surface area contributed by atoms with Crippen LogP contribution in [0.4, 0.5) is 13.2 Å². The summed E-state index contributed by atoms with van der Waals surface area (Å²) in [5.74, 6) is -1.26. The number of hydrogen-bond donors (Lipinski definition) is 1. The van der Waals surface area contributed by atoms with Crippen LogP contribution in [0.15, 0.2) is 11.3 Å². The van der Waals surface area contributed by atoms with Gasteiger partial charge in [0.1, 0.15) is 0 Å². The van der Waals surface area contributed by atoms with Gasteiger partial charge in [0.05, 0.1) is 0 Å². The van der Waals surface area contributed by atoms with E-state index in [0.29, 0.717) is 18.0 Å². The first-order chi connectivity index (χ1) is 7.60. The summed E-state index contributed by atoms with van der Waals surface area (Å²) in [4.78, 5) is 0. The second-order valence-corrected chi connectivity index (χ2v) is 13.0. The Morgan fingerprint density at radius 1 is 1.29 bits per heavy atom. The molecule has 4 unspecified atom stereocenters. The van der Waals surface area contributed by atoms with Gasteiger partial charge in [-0.1, -0.05) is 6.08 Å². The summed E-state index contributed by atoms with van der Waals surface area (Å²) in [6.45, 7) is 0. The fourth-order valence-corrected chi connectivity index (χ4v) is 5.88. The smallest absolute Gasteiger partial charge is 0.383 e. The molecule has 0 heterocycles. The second kappa shape index (κ2) is 4.30. The molecule has 0 aliphatic heterocycles. The summed E-state index contributed by atoms with van der Waals surface area (Å²) in [5, 5.41) is 9.86. The lowest BCUT2D eigenvalue weighted by atomic mass is 9.88. The first-order valence-corrected chi connectivity index (χ1v) is 10.2. The molecule has 0 spiro atoms. The third kappa shape index (κ3) is 2.63. The lowest BCUT2D eigenvalue weighted by Crippen LogP contribution is -2.40. The van der Waals surface area contributed by atoms with Gasteiger partial charge < -0.3 is 5.11 Å². The van der Waals surface area contributed by atoms with Gasteiger partial charge in [-0.25, -0.2) is 0 Å². The fourth-order valence-electron chi connectivity index (χ4n) is 2.88. The van der Waals surface area contributed by atoms with Crippen LogP contribution in [-0.2, 0) is 0 Å². The third-order valence-corrected chi connectivity index (χ3v) is 6.69. The molecule has 1 N–H and O–H groups in total. The third-order valence-electron chi connectivity index (χ3n) is 3.53. The first kappa shape index (κ1) is 14.0. The molecule has 17 heavy (non-hydrogen) atoms. The molecule has 98 valence electrons. The van der Waals surface area contributed by atoms with Crippen molar-refractivity contribution in [2.45, 2.75) is 25.1 Å². The van der Waals surface area contributed by atoms with Crippen LogP contribution in [0.2, 0.25) is 0 Å². The van der Waals surface area contributed by atoms with E-state index in [2.05, 4.69) is 0 Å². The number of hydrogen-bond acceptors (Lipinski definition) is 1. The van der Waals surface area contributed by atoms with Crippen molar-refractivity contribution in [2.75, 3.05) is 0 Å². The topological polar surface area (TPSA) is 20.2 Å². The Morgan fingerprint density at radius 2 is 1.88 bits per heavy atom. The van der Waals surface area contributed by atoms with E-state index in [1.54, 1.807) is 6.08 Å². The first-order valence-electron chi connectivity index (χ1n) is 5.14. The molecule has 2 bridgehead atoms. The maximum absolute atomic E-state index is 12.5. The summed E-state index contributed by atoms with van der Waals surface area (Å²) < 4.78 is 37.5. The highest BCUT2D eigenvalue weighted by molar-refractivity contribution is 7.67. The van der Waals surface area contributed by atoms with Gasteiger partial charge in [-0.15, -0.1) is 33.2 Å². The second-order valence-electron chi connectivity index (χ2n) is 4.61. The molecule has 2 aliphatic carbocycles. The lowest BCUT2D eigenvalue weighted by Gasteiger charge is -2.31. The minimum atomic E-state index is -4.60. The number of allylic oxidation sites excluding steroid dienone is 2. The van der Waals surface area contributed by atoms with Crippen LogP contribution in [0.5, 0.6) is 0 Å². The zero-order valence-electron chi connectivity index (χ0n) is 8.52. The minimum Gasteiger partial charge on any atom is -0.383 e. The van der Waals surface area contributed by atoms with Crippen molar-refractivity contribution in [3.8, 4) is 0 Å². The predicted octanol–water partition coefficient (Wildman–Crippen LogP) is 3.69. The molecule has 0 aromatic heterocycles. The van der Waals surface area contributed by atoms with E-state index in [-0.39, 0.29) is 5.92 Å². The Balaban J connectivity index is 2.19. The number of fused-ring (bicyclic) bond motifs is 2. The Labute approximate surface area is 112 Å². The van der Waals surface area contributed by atoms with Crippen molar-refractivity contribution >= 4 is 39.2 Å². The van der Waals surface area contributed by atoms with Gasteiger partial charge in [-0.05, 0) is 29.9 Å². The normalized spacial score (nSPS) is 35.0. The van der Waals surface area contributed by atoms with Crippen LogP contribution in [0.25, 0.3) is 0 Å². The predicted molar refractivity (Wildman–Crippen MR) is 63.2 cm³/mol. The minimum absolute atomic E-state index is 0.0140. The van der Waals surface area contributed by atoms with Crippen molar-refractivity contribution < 1.29 is 18.3 Å². The van der Waals surface area contributed by atoms with E-state index in [1.807, 2.05) is 0 Å². The molecule has 4 atom stereocenters. The van der Waals surface area contributed by atoms with Crippen molar-refractivity contribution in [1.29, 1.82) is 0 Å². The van der Waals surface area contributed by atoms with Gasteiger partial charge in [0.2, 0.25) is 0 Å². The lowest BCUT2D eigenvalue weighted by molar-refractivity contribution is -0.221. The molecule has 0 saturated heterocycles. The van der Waals surface area contributed by atoms with Gasteiger partial charge in [0, 0.05) is 5.92 Å². The van der Waals surface area contributed by atoms with Crippen LogP contribution in [0.3, 0.4) is 0 Å². The molecule has 0 radical (unpaired) electrons. The maximum atomic E-state index is 12.5. The summed E-state index contributed by atoms with van der Waals surface area (Å²) >= 11 is 17.6. The monoisotopic (exact) mass is 324 g/mol. The molecule has 1 saturated carbocycles. The number of aliphatic hydroxyl groups excluding tert-OH is 1.